The highest BCUT2D eigenvalue weighted by molar-refractivity contribution is 6.31. The van der Waals surface area contributed by atoms with E-state index >= 15 is 0 Å². The van der Waals surface area contributed by atoms with Crippen LogP contribution in [0.5, 0.6) is 5.75 Å². The van der Waals surface area contributed by atoms with Crippen LogP contribution in [0.15, 0.2) is 41.5 Å². The molecule has 2 heterocycles. The maximum absolute atomic E-state index is 14.3. The number of halogens is 4. The lowest BCUT2D eigenvalue weighted by atomic mass is 10.2. The zero-order valence-corrected chi connectivity index (χ0v) is 14.2. The summed E-state index contributed by atoms with van der Waals surface area (Å²) in [6.07, 6.45) is 3.09. The second kappa shape index (κ2) is 6.83. The van der Waals surface area contributed by atoms with E-state index in [9.17, 15) is 23.1 Å². The van der Waals surface area contributed by atoms with Gasteiger partial charge < -0.3 is 5.11 Å². The fraction of sp³-hybridized carbons (Fsp3) is 0.188. The molecule has 0 saturated heterocycles. The molecule has 0 saturated carbocycles. The Morgan fingerprint density at radius 2 is 2.12 bits per heavy atom. The first-order chi connectivity index (χ1) is 12.3. The van der Waals surface area contributed by atoms with E-state index in [1.165, 1.54) is 25.3 Å². The molecule has 136 valence electrons. The SMILES string of the molecule is Cc1nn(-c2cc(C[n+]3cccc(O)c3)c(Cl)cc2F)c(=O)n1C(F)F. The maximum atomic E-state index is 14.3. The van der Waals surface area contributed by atoms with Crippen LogP contribution in [0.1, 0.15) is 17.9 Å². The van der Waals surface area contributed by atoms with Gasteiger partial charge >= 0.3 is 12.2 Å². The Bertz CT molecular complexity index is 1030. The molecule has 6 nitrogen and oxygen atoms in total. The quantitative estimate of drug-likeness (QED) is 0.702. The molecule has 0 fully saturated rings. The van der Waals surface area contributed by atoms with E-state index in [2.05, 4.69) is 5.10 Å². The van der Waals surface area contributed by atoms with Crippen molar-refractivity contribution in [1.29, 1.82) is 0 Å². The fourth-order valence-electron chi connectivity index (χ4n) is 2.53. The highest BCUT2D eigenvalue weighted by Gasteiger charge is 2.22. The number of benzene rings is 1. The monoisotopic (exact) mass is 385 g/mol. The normalized spacial score (nSPS) is 11.3. The molecule has 0 atom stereocenters. The second-order valence-electron chi connectivity index (χ2n) is 5.52. The molecule has 3 aromatic rings. The van der Waals surface area contributed by atoms with Gasteiger partial charge in [0, 0.05) is 11.6 Å². The van der Waals surface area contributed by atoms with Crippen molar-refractivity contribution in [2.75, 3.05) is 0 Å². The summed E-state index contributed by atoms with van der Waals surface area (Å²) in [7, 11) is 0. The Kier molecular flexibility index (Phi) is 4.73. The number of alkyl halides is 2. The van der Waals surface area contributed by atoms with Crippen molar-refractivity contribution in [1.82, 2.24) is 14.3 Å². The first-order valence-corrected chi connectivity index (χ1v) is 7.78. The Balaban J connectivity index is 2.10. The average Bonchev–Trinajstić information content (AvgIpc) is 2.84. The number of pyridine rings is 1. The molecule has 0 radical (unpaired) electrons. The zero-order valence-electron chi connectivity index (χ0n) is 13.4. The second-order valence-corrected chi connectivity index (χ2v) is 5.93. The summed E-state index contributed by atoms with van der Waals surface area (Å²) < 4.78 is 42.5. The molecule has 0 unspecified atom stereocenters. The van der Waals surface area contributed by atoms with Crippen LogP contribution in [0.3, 0.4) is 0 Å². The van der Waals surface area contributed by atoms with Crippen molar-refractivity contribution in [3.8, 4) is 11.4 Å². The van der Waals surface area contributed by atoms with Crippen LogP contribution in [0, 0.1) is 12.7 Å². The summed E-state index contributed by atoms with van der Waals surface area (Å²) >= 11 is 6.06. The van der Waals surface area contributed by atoms with E-state index in [0.29, 0.717) is 10.2 Å². The molecule has 10 heteroatoms. The molecule has 0 bridgehead atoms. The van der Waals surface area contributed by atoms with Gasteiger partial charge in [-0.15, -0.1) is 5.10 Å². The smallest absolute Gasteiger partial charge is 0.355 e. The molecule has 3 rings (SSSR count). The van der Waals surface area contributed by atoms with Gasteiger partial charge in [0.15, 0.2) is 24.3 Å². The minimum absolute atomic E-state index is 0.0217. The molecule has 26 heavy (non-hydrogen) atoms. The van der Waals surface area contributed by atoms with Crippen LogP contribution in [0.2, 0.25) is 5.02 Å². The highest BCUT2D eigenvalue weighted by Crippen LogP contribution is 2.23. The third kappa shape index (κ3) is 3.30. The number of aromatic nitrogens is 4. The van der Waals surface area contributed by atoms with Gasteiger partial charge in [-0.25, -0.2) is 13.8 Å². The first-order valence-electron chi connectivity index (χ1n) is 7.40. The van der Waals surface area contributed by atoms with E-state index < -0.39 is 18.1 Å². The summed E-state index contributed by atoms with van der Waals surface area (Å²) in [5.74, 6) is -1.10. The topological polar surface area (TPSA) is 63.9 Å². The largest absolute Gasteiger partial charge is 0.503 e. The third-order valence-electron chi connectivity index (χ3n) is 3.72. The van der Waals surface area contributed by atoms with Gasteiger partial charge in [0.1, 0.15) is 11.5 Å². The van der Waals surface area contributed by atoms with Gasteiger partial charge in [-0.05, 0) is 25.1 Å². The highest BCUT2D eigenvalue weighted by atomic mass is 35.5. The maximum Gasteiger partial charge on any atom is 0.355 e. The van der Waals surface area contributed by atoms with Gasteiger partial charge in [-0.2, -0.15) is 18.0 Å². The van der Waals surface area contributed by atoms with Gasteiger partial charge in [0.05, 0.1) is 5.02 Å². The predicted molar refractivity (Wildman–Crippen MR) is 86.2 cm³/mol. The Hall–Kier alpha value is -2.81. The summed E-state index contributed by atoms with van der Waals surface area (Å²) in [6, 6.07) is 5.33. The standard InChI is InChI=1S/C16H12ClF3N4O2/c1-9-21-24(16(26)23(9)15(19)20)14-5-10(12(17)6-13(14)18)7-22-4-2-3-11(25)8-22/h2-6,8,15H,7H2,1H3/p+1. The minimum atomic E-state index is -3.09. The van der Waals surface area contributed by atoms with Crippen LogP contribution >= 0.6 is 11.6 Å². The molecular formula is C16H13ClF3N4O2+. The molecule has 0 spiro atoms. The van der Waals surface area contributed by atoms with Crippen molar-refractivity contribution in [2.45, 2.75) is 20.0 Å². The Labute approximate surface area is 150 Å². The Morgan fingerprint density at radius 3 is 2.73 bits per heavy atom. The Morgan fingerprint density at radius 1 is 1.38 bits per heavy atom. The van der Waals surface area contributed by atoms with Crippen molar-refractivity contribution >= 4 is 11.6 Å². The molecule has 0 aliphatic rings. The molecular weight excluding hydrogens is 373 g/mol. The van der Waals surface area contributed by atoms with E-state index in [1.807, 2.05) is 0 Å². The van der Waals surface area contributed by atoms with E-state index in [0.717, 1.165) is 6.07 Å². The summed E-state index contributed by atoms with van der Waals surface area (Å²) in [5.41, 5.74) is -1.04. The molecule has 0 aliphatic heterocycles. The van der Waals surface area contributed by atoms with Crippen LogP contribution < -0.4 is 10.3 Å². The zero-order chi connectivity index (χ0) is 19.0. The van der Waals surface area contributed by atoms with Gasteiger partial charge in [0.25, 0.3) is 0 Å². The summed E-state index contributed by atoms with van der Waals surface area (Å²) in [6.45, 7) is -1.71. The van der Waals surface area contributed by atoms with Crippen LogP contribution in [-0.4, -0.2) is 19.5 Å². The molecule has 2 aromatic heterocycles. The molecule has 0 aliphatic carbocycles. The number of nitrogens with zero attached hydrogens (tertiary/aromatic N) is 4. The lowest BCUT2D eigenvalue weighted by Crippen LogP contribution is -2.33. The van der Waals surface area contributed by atoms with Gasteiger partial charge in [0.2, 0.25) is 6.20 Å². The molecule has 1 aromatic carbocycles. The lowest BCUT2D eigenvalue weighted by molar-refractivity contribution is -0.688. The van der Waals surface area contributed by atoms with Crippen LogP contribution in [0.25, 0.3) is 5.69 Å². The minimum Gasteiger partial charge on any atom is -0.503 e. The number of hydrogen-bond acceptors (Lipinski definition) is 3. The van der Waals surface area contributed by atoms with Crippen LogP contribution in [0.4, 0.5) is 13.2 Å². The van der Waals surface area contributed by atoms with Gasteiger partial charge in [-0.3, -0.25) is 0 Å². The first kappa shape index (κ1) is 18.0. The van der Waals surface area contributed by atoms with Crippen LogP contribution in [-0.2, 0) is 6.54 Å². The third-order valence-corrected chi connectivity index (χ3v) is 4.07. The molecule has 1 N–H and O–H groups in total. The number of hydrogen-bond donors (Lipinski definition) is 1. The van der Waals surface area contributed by atoms with E-state index in [-0.39, 0.29) is 33.4 Å². The summed E-state index contributed by atoms with van der Waals surface area (Å²) in [4.78, 5) is 12.1. The van der Waals surface area contributed by atoms with Crippen molar-refractivity contribution in [3.63, 3.8) is 0 Å². The number of aryl methyl sites for hydroxylation is 1. The number of rotatable bonds is 4. The van der Waals surface area contributed by atoms with E-state index in [1.54, 1.807) is 16.8 Å². The lowest BCUT2D eigenvalue weighted by Gasteiger charge is -2.07. The predicted octanol–water partition coefficient (Wildman–Crippen LogP) is 2.57. The average molecular weight is 386 g/mol. The van der Waals surface area contributed by atoms with Gasteiger partial charge in [-0.1, -0.05) is 11.6 Å². The molecule has 0 amide bonds. The fourth-order valence-corrected chi connectivity index (χ4v) is 2.74. The van der Waals surface area contributed by atoms with Crippen molar-refractivity contribution in [3.05, 3.63) is 69.4 Å². The van der Waals surface area contributed by atoms with Crippen molar-refractivity contribution in [2.24, 2.45) is 0 Å². The summed E-state index contributed by atoms with van der Waals surface area (Å²) in [5, 5.41) is 13.3. The van der Waals surface area contributed by atoms with Crippen molar-refractivity contribution < 1.29 is 22.8 Å². The van der Waals surface area contributed by atoms with E-state index in [4.69, 9.17) is 11.6 Å². The number of aromatic hydroxyl groups is 1.